The summed E-state index contributed by atoms with van der Waals surface area (Å²) in [6, 6.07) is 17.4. The normalized spacial score (nSPS) is 20.4. The number of aliphatic hydroxyl groups is 1. The Bertz CT molecular complexity index is 1360. The summed E-state index contributed by atoms with van der Waals surface area (Å²) in [5.41, 5.74) is 2.61. The lowest BCUT2D eigenvalue weighted by Gasteiger charge is -2.36. The molecule has 4 atom stereocenters. The van der Waals surface area contributed by atoms with Gasteiger partial charge < -0.3 is 30.1 Å². The van der Waals surface area contributed by atoms with Gasteiger partial charge in [-0.3, -0.25) is 14.7 Å². The molecule has 3 N–H and O–H groups in total. The number of anilines is 2. The Labute approximate surface area is 266 Å². The van der Waals surface area contributed by atoms with Crippen LogP contribution in [0.4, 0.5) is 16.2 Å². The number of para-hydroxylation sites is 1. The molecule has 1 aliphatic heterocycles. The molecule has 0 aliphatic carbocycles. The van der Waals surface area contributed by atoms with Crippen LogP contribution in [0.15, 0.2) is 73.1 Å². The van der Waals surface area contributed by atoms with Crippen LogP contribution in [-0.4, -0.2) is 83.4 Å². The molecule has 10 nitrogen and oxygen atoms in total. The molecule has 0 spiro atoms. The number of rotatable bonds is 8. The molecule has 3 amide bonds. The van der Waals surface area contributed by atoms with Crippen molar-refractivity contribution < 1.29 is 24.2 Å². The number of hydrogen-bond donors (Lipinski definition) is 3. The van der Waals surface area contributed by atoms with Crippen LogP contribution in [0, 0.1) is 5.92 Å². The minimum atomic E-state index is -0.452. The summed E-state index contributed by atoms with van der Waals surface area (Å²) in [7, 11) is 2.07. The Morgan fingerprint density at radius 2 is 1.80 bits per heavy atom. The number of aliphatic hydroxyl groups excluding tert-OH is 1. The van der Waals surface area contributed by atoms with Gasteiger partial charge in [-0.05, 0) is 88.2 Å². The molecule has 0 unspecified atom stereocenters. The summed E-state index contributed by atoms with van der Waals surface area (Å²) in [6.07, 6.45) is 5.94. The maximum atomic E-state index is 14.3. The van der Waals surface area contributed by atoms with E-state index in [-0.39, 0.29) is 30.6 Å². The molecular formula is C35H47N5O5. The van der Waals surface area contributed by atoms with Gasteiger partial charge in [0, 0.05) is 55.9 Å². The van der Waals surface area contributed by atoms with Crippen molar-refractivity contribution in [3.05, 3.63) is 84.2 Å². The van der Waals surface area contributed by atoms with Crippen LogP contribution < -0.4 is 15.4 Å². The zero-order valence-electron chi connectivity index (χ0n) is 26.8. The van der Waals surface area contributed by atoms with Gasteiger partial charge in [-0.2, -0.15) is 0 Å². The van der Waals surface area contributed by atoms with Crippen molar-refractivity contribution in [2.75, 3.05) is 44.0 Å². The van der Waals surface area contributed by atoms with Crippen molar-refractivity contribution in [2.24, 2.45) is 5.92 Å². The van der Waals surface area contributed by atoms with Crippen LogP contribution in [0.5, 0.6) is 5.75 Å². The Balaban J connectivity index is 1.59. The minimum Gasteiger partial charge on any atom is -0.490 e. The number of carbonyl (C=O) groups excluding carboxylic acids is 2. The maximum absolute atomic E-state index is 14.3. The van der Waals surface area contributed by atoms with E-state index in [4.69, 9.17) is 9.47 Å². The number of pyridine rings is 1. The summed E-state index contributed by atoms with van der Waals surface area (Å²) in [6.45, 7) is 8.13. The van der Waals surface area contributed by atoms with E-state index in [9.17, 15) is 14.7 Å². The first kappa shape index (κ1) is 33.9. The van der Waals surface area contributed by atoms with Crippen molar-refractivity contribution in [1.82, 2.24) is 14.8 Å². The van der Waals surface area contributed by atoms with Crippen molar-refractivity contribution in [1.29, 1.82) is 0 Å². The molecule has 0 radical (unpaired) electrons. The van der Waals surface area contributed by atoms with E-state index in [0.717, 1.165) is 25.8 Å². The van der Waals surface area contributed by atoms with Gasteiger partial charge in [0.1, 0.15) is 5.75 Å². The number of nitrogens with zero attached hydrogens (tertiary/aromatic N) is 3. The maximum Gasteiger partial charge on any atom is 0.323 e. The molecule has 1 aromatic heterocycles. The number of urea groups is 1. The number of fused-ring (bicyclic) bond motifs is 1. The smallest absolute Gasteiger partial charge is 0.323 e. The summed E-state index contributed by atoms with van der Waals surface area (Å²) in [5.74, 6) is 0.136. The monoisotopic (exact) mass is 617 g/mol. The molecule has 0 saturated carbocycles. The number of hydrogen-bond acceptors (Lipinski definition) is 7. The van der Waals surface area contributed by atoms with Gasteiger partial charge in [-0.1, -0.05) is 25.1 Å². The fraction of sp³-hybridized carbons (Fsp3) is 0.457. The molecule has 0 fully saturated rings. The highest BCUT2D eigenvalue weighted by molar-refractivity contribution is 6.02. The highest BCUT2D eigenvalue weighted by Crippen LogP contribution is 2.28. The number of aromatic nitrogens is 1. The Morgan fingerprint density at radius 3 is 2.53 bits per heavy atom. The quantitative estimate of drug-likeness (QED) is 0.299. The van der Waals surface area contributed by atoms with Gasteiger partial charge in [-0.25, -0.2) is 4.79 Å². The van der Waals surface area contributed by atoms with Crippen LogP contribution in [0.25, 0.3) is 0 Å². The van der Waals surface area contributed by atoms with Crippen LogP contribution in [0.1, 0.15) is 56.0 Å². The topological polar surface area (TPSA) is 116 Å². The predicted octanol–water partition coefficient (Wildman–Crippen LogP) is 5.65. The van der Waals surface area contributed by atoms with Gasteiger partial charge in [0.2, 0.25) is 0 Å². The lowest BCUT2D eigenvalue weighted by Crippen LogP contribution is -2.47. The van der Waals surface area contributed by atoms with E-state index < -0.39 is 12.1 Å². The largest absolute Gasteiger partial charge is 0.490 e. The number of carbonyl (C=O) groups is 2. The Morgan fingerprint density at radius 1 is 1.07 bits per heavy atom. The molecule has 2 aromatic carbocycles. The average molecular weight is 618 g/mol. The molecule has 45 heavy (non-hydrogen) atoms. The summed E-state index contributed by atoms with van der Waals surface area (Å²) in [4.78, 5) is 35.1. The minimum absolute atomic E-state index is 0.0352. The van der Waals surface area contributed by atoms with E-state index in [2.05, 4.69) is 34.5 Å². The number of ether oxygens (including phenoxy) is 2. The van der Waals surface area contributed by atoms with Gasteiger partial charge in [0.05, 0.1) is 30.4 Å². The summed E-state index contributed by atoms with van der Waals surface area (Å²) < 4.78 is 12.8. The fourth-order valence-electron chi connectivity index (χ4n) is 5.45. The lowest BCUT2D eigenvalue weighted by atomic mass is 10.0. The molecule has 0 saturated heterocycles. The third-order valence-electron chi connectivity index (χ3n) is 8.03. The third-order valence-corrected chi connectivity index (χ3v) is 8.03. The van der Waals surface area contributed by atoms with Crippen LogP contribution in [0.2, 0.25) is 0 Å². The predicted molar refractivity (Wildman–Crippen MR) is 177 cm³/mol. The zero-order chi connectivity index (χ0) is 32.2. The van der Waals surface area contributed by atoms with Gasteiger partial charge in [0.25, 0.3) is 5.91 Å². The standard InChI is InChI=1S/C35H47N5O5/c1-25-21-40(26(2)24-41)34(42)31-20-30(38-35(43)37-29-11-6-5-7-12-29)13-14-32(31)45-27(3)10-8-9-19-44-33(25)23-39(4)22-28-15-17-36-18-16-28/h5-7,11-18,20,25-27,33,41H,8-10,19,21-24H2,1-4H3,(H2,37,38,43)/t25-,26-,27-,33+/m0/s1. The Kier molecular flexibility index (Phi) is 12.7. The molecule has 242 valence electrons. The Hall–Kier alpha value is -3.99. The van der Waals surface area contributed by atoms with Crippen molar-refractivity contribution in [3.8, 4) is 5.75 Å². The van der Waals surface area contributed by atoms with Gasteiger partial charge in [-0.15, -0.1) is 0 Å². The van der Waals surface area contributed by atoms with E-state index >= 15 is 0 Å². The molecular weight excluding hydrogens is 570 g/mol. The first-order chi connectivity index (χ1) is 21.7. The van der Waals surface area contributed by atoms with Gasteiger partial charge in [0.15, 0.2) is 0 Å². The van der Waals surface area contributed by atoms with E-state index in [1.807, 2.05) is 44.2 Å². The van der Waals surface area contributed by atoms with Crippen molar-refractivity contribution in [2.45, 2.75) is 64.8 Å². The second-order valence-corrected chi connectivity index (χ2v) is 12.0. The summed E-state index contributed by atoms with van der Waals surface area (Å²) >= 11 is 0. The highest BCUT2D eigenvalue weighted by Gasteiger charge is 2.30. The van der Waals surface area contributed by atoms with Gasteiger partial charge >= 0.3 is 6.03 Å². The van der Waals surface area contributed by atoms with Crippen LogP contribution >= 0.6 is 0 Å². The SMILES string of the molecule is C[C@H]1CCCCO[C@H](CN(C)Cc2ccncc2)[C@@H](C)CN([C@@H](C)CO)C(=O)c2cc(NC(=O)Nc3ccccc3)ccc2O1. The second kappa shape index (κ2) is 16.9. The lowest BCUT2D eigenvalue weighted by molar-refractivity contribution is -0.0177. The van der Waals surface area contributed by atoms with Crippen molar-refractivity contribution >= 4 is 23.3 Å². The number of likely N-dealkylation sites (N-methyl/N-ethyl adjacent to an activating group) is 1. The molecule has 1 aliphatic rings. The molecule has 3 aromatic rings. The van der Waals surface area contributed by atoms with Crippen LogP contribution in [-0.2, 0) is 11.3 Å². The van der Waals surface area contributed by atoms with Crippen molar-refractivity contribution in [3.63, 3.8) is 0 Å². The first-order valence-electron chi connectivity index (χ1n) is 15.8. The fourth-order valence-corrected chi connectivity index (χ4v) is 5.45. The number of benzene rings is 2. The van der Waals surface area contributed by atoms with E-state index in [1.165, 1.54) is 5.56 Å². The molecule has 10 heteroatoms. The van der Waals surface area contributed by atoms with E-state index in [0.29, 0.717) is 42.4 Å². The molecule has 2 heterocycles. The first-order valence-corrected chi connectivity index (χ1v) is 15.8. The third kappa shape index (κ3) is 10.3. The molecule has 0 bridgehead atoms. The number of amides is 3. The summed E-state index contributed by atoms with van der Waals surface area (Å²) in [5, 5.41) is 15.8. The zero-order valence-corrected chi connectivity index (χ0v) is 26.8. The van der Waals surface area contributed by atoms with E-state index in [1.54, 1.807) is 47.6 Å². The molecule has 4 rings (SSSR count). The number of nitrogens with one attached hydrogen (secondary N) is 2. The average Bonchev–Trinajstić information content (AvgIpc) is 3.03. The van der Waals surface area contributed by atoms with Crippen LogP contribution in [0.3, 0.4) is 0 Å². The second-order valence-electron chi connectivity index (χ2n) is 12.0. The highest BCUT2D eigenvalue weighted by atomic mass is 16.5.